The van der Waals surface area contributed by atoms with Crippen LogP contribution >= 0.6 is 0 Å². The minimum atomic E-state index is 0.378. The van der Waals surface area contributed by atoms with Gasteiger partial charge in [0.25, 0.3) is 0 Å². The first kappa shape index (κ1) is 9.34. The molecule has 3 nitrogen and oxygen atoms in total. The SMILES string of the molecule is CNC(C)C1Cc2c(O)cccc2N1. The van der Waals surface area contributed by atoms with Gasteiger partial charge in [0, 0.05) is 23.3 Å². The van der Waals surface area contributed by atoms with E-state index in [9.17, 15) is 5.11 Å². The summed E-state index contributed by atoms with van der Waals surface area (Å²) in [5.41, 5.74) is 2.11. The summed E-state index contributed by atoms with van der Waals surface area (Å²) in [6.45, 7) is 2.14. The number of rotatable bonds is 2. The van der Waals surface area contributed by atoms with Gasteiger partial charge in [0.2, 0.25) is 0 Å². The number of phenols is 1. The van der Waals surface area contributed by atoms with Gasteiger partial charge < -0.3 is 15.7 Å². The second-order valence-corrected chi connectivity index (χ2v) is 3.84. The summed E-state index contributed by atoms with van der Waals surface area (Å²) in [5, 5.41) is 16.3. The summed E-state index contributed by atoms with van der Waals surface area (Å²) in [7, 11) is 1.95. The molecule has 0 fully saturated rings. The molecule has 0 aromatic heterocycles. The van der Waals surface area contributed by atoms with Gasteiger partial charge in [0.1, 0.15) is 5.75 Å². The third kappa shape index (κ3) is 1.44. The highest BCUT2D eigenvalue weighted by Gasteiger charge is 2.26. The van der Waals surface area contributed by atoms with E-state index in [2.05, 4.69) is 17.6 Å². The number of phenolic OH excluding ortho intramolecular Hbond substituents is 1. The van der Waals surface area contributed by atoms with Crippen LogP contribution in [0, 0.1) is 0 Å². The maximum atomic E-state index is 9.64. The molecule has 0 radical (unpaired) electrons. The summed E-state index contributed by atoms with van der Waals surface area (Å²) in [4.78, 5) is 0. The molecule has 0 bridgehead atoms. The Morgan fingerprint density at radius 3 is 3.00 bits per heavy atom. The smallest absolute Gasteiger partial charge is 0.120 e. The van der Waals surface area contributed by atoms with Crippen LogP contribution in [0.15, 0.2) is 18.2 Å². The summed E-state index contributed by atoms with van der Waals surface area (Å²) in [5.74, 6) is 0.404. The van der Waals surface area contributed by atoms with E-state index in [-0.39, 0.29) is 0 Å². The Morgan fingerprint density at radius 2 is 2.36 bits per heavy atom. The molecule has 1 aliphatic rings. The van der Waals surface area contributed by atoms with Crippen LogP contribution in [0.5, 0.6) is 5.75 Å². The van der Waals surface area contributed by atoms with Gasteiger partial charge in [-0.2, -0.15) is 0 Å². The van der Waals surface area contributed by atoms with E-state index < -0.39 is 0 Å². The maximum Gasteiger partial charge on any atom is 0.120 e. The molecule has 1 aromatic carbocycles. The second-order valence-electron chi connectivity index (χ2n) is 3.84. The lowest BCUT2D eigenvalue weighted by Crippen LogP contribution is -2.38. The van der Waals surface area contributed by atoms with Crippen LogP contribution in [0.4, 0.5) is 5.69 Å². The minimum Gasteiger partial charge on any atom is -0.508 e. The number of hydrogen-bond acceptors (Lipinski definition) is 3. The zero-order chi connectivity index (χ0) is 10.1. The molecule has 0 aliphatic carbocycles. The van der Waals surface area contributed by atoms with Crippen molar-refractivity contribution >= 4 is 5.69 Å². The van der Waals surface area contributed by atoms with Crippen molar-refractivity contribution in [3.05, 3.63) is 23.8 Å². The molecular formula is C11H16N2O. The molecule has 1 heterocycles. The van der Waals surface area contributed by atoms with E-state index in [4.69, 9.17) is 0 Å². The number of nitrogens with one attached hydrogen (secondary N) is 2. The van der Waals surface area contributed by atoms with Crippen molar-refractivity contribution in [2.24, 2.45) is 0 Å². The molecular weight excluding hydrogens is 176 g/mol. The van der Waals surface area contributed by atoms with Crippen molar-refractivity contribution in [3.63, 3.8) is 0 Å². The fourth-order valence-electron chi connectivity index (χ4n) is 1.90. The minimum absolute atomic E-state index is 0.378. The summed E-state index contributed by atoms with van der Waals surface area (Å²) in [6, 6.07) is 6.41. The molecule has 1 aliphatic heterocycles. The highest BCUT2D eigenvalue weighted by atomic mass is 16.3. The predicted octanol–water partition coefficient (Wildman–Crippen LogP) is 1.34. The van der Waals surface area contributed by atoms with Crippen molar-refractivity contribution in [1.29, 1.82) is 0 Å². The number of anilines is 1. The molecule has 0 saturated carbocycles. The lowest BCUT2D eigenvalue weighted by molar-refractivity contribution is 0.464. The third-order valence-electron chi connectivity index (χ3n) is 2.98. The zero-order valence-corrected chi connectivity index (χ0v) is 8.54. The second kappa shape index (κ2) is 3.50. The van der Waals surface area contributed by atoms with E-state index in [1.54, 1.807) is 6.07 Å². The van der Waals surface area contributed by atoms with Crippen molar-refractivity contribution < 1.29 is 5.11 Å². The number of fused-ring (bicyclic) bond motifs is 1. The summed E-state index contributed by atoms with van der Waals surface area (Å²) >= 11 is 0. The molecule has 2 atom stereocenters. The molecule has 0 amide bonds. The lowest BCUT2D eigenvalue weighted by atomic mass is 10.0. The fraction of sp³-hybridized carbons (Fsp3) is 0.455. The Hall–Kier alpha value is -1.22. The largest absolute Gasteiger partial charge is 0.508 e. The Labute approximate surface area is 84.1 Å². The van der Waals surface area contributed by atoms with Crippen LogP contribution in [0.2, 0.25) is 0 Å². The van der Waals surface area contributed by atoms with Crippen LogP contribution < -0.4 is 10.6 Å². The molecule has 2 rings (SSSR count). The number of benzene rings is 1. The Kier molecular flexibility index (Phi) is 2.33. The topological polar surface area (TPSA) is 44.3 Å². The van der Waals surface area contributed by atoms with Crippen molar-refractivity contribution in [1.82, 2.24) is 5.32 Å². The normalized spacial score (nSPS) is 21.4. The van der Waals surface area contributed by atoms with Gasteiger partial charge in [-0.3, -0.25) is 0 Å². The van der Waals surface area contributed by atoms with E-state index in [1.165, 1.54) is 0 Å². The molecule has 2 unspecified atom stereocenters. The maximum absolute atomic E-state index is 9.64. The average molecular weight is 192 g/mol. The lowest BCUT2D eigenvalue weighted by Gasteiger charge is -2.18. The first-order valence-corrected chi connectivity index (χ1v) is 4.97. The van der Waals surface area contributed by atoms with Gasteiger partial charge in [0.15, 0.2) is 0 Å². The third-order valence-corrected chi connectivity index (χ3v) is 2.98. The van der Waals surface area contributed by atoms with E-state index in [0.717, 1.165) is 17.7 Å². The van der Waals surface area contributed by atoms with Crippen LogP contribution in [0.25, 0.3) is 0 Å². The van der Waals surface area contributed by atoms with Gasteiger partial charge in [-0.05, 0) is 32.5 Å². The van der Waals surface area contributed by atoms with Crippen molar-refractivity contribution in [2.45, 2.75) is 25.4 Å². The van der Waals surface area contributed by atoms with Crippen LogP contribution in [-0.4, -0.2) is 24.2 Å². The molecule has 14 heavy (non-hydrogen) atoms. The van der Waals surface area contributed by atoms with E-state index >= 15 is 0 Å². The van der Waals surface area contributed by atoms with E-state index in [1.807, 2.05) is 19.2 Å². The number of likely N-dealkylation sites (N-methyl/N-ethyl adjacent to an activating group) is 1. The zero-order valence-electron chi connectivity index (χ0n) is 8.54. The monoisotopic (exact) mass is 192 g/mol. The number of hydrogen-bond donors (Lipinski definition) is 3. The molecule has 0 spiro atoms. The van der Waals surface area contributed by atoms with Crippen LogP contribution in [-0.2, 0) is 6.42 Å². The van der Waals surface area contributed by atoms with Gasteiger partial charge >= 0.3 is 0 Å². The Morgan fingerprint density at radius 1 is 1.57 bits per heavy atom. The molecule has 3 heteroatoms. The van der Waals surface area contributed by atoms with Gasteiger partial charge in [-0.15, -0.1) is 0 Å². The molecule has 1 aromatic rings. The quantitative estimate of drug-likeness (QED) is 0.662. The fourth-order valence-corrected chi connectivity index (χ4v) is 1.90. The average Bonchev–Trinajstić information content (AvgIpc) is 2.62. The highest BCUT2D eigenvalue weighted by Crippen LogP contribution is 2.33. The summed E-state index contributed by atoms with van der Waals surface area (Å²) in [6.07, 6.45) is 0.893. The van der Waals surface area contributed by atoms with Crippen LogP contribution in [0.1, 0.15) is 12.5 Å². The van der Waals surface area contributed by atoms with Gasteiger partial charge in [0.05, 0.1) is 0 Å². The van der Waals surface area contributed by atoms with Crippen molar-refractivity contribution in [3.8, 4) is 5.75 Å². The van der Waals surface area contributed by atoms with Gasteiger partial charge in [-0.1, -0.05) is 6.07 Å². The Balaban J connectivity index is 2.22. The summed E-state index contributed by atoms with van der Waals surface area (Å²) < 4.78 is 0. The highest BCUT2D eigenvalue weighted by molar-refractivity contribution is 5.62. The first-order chi connectivity index (χ1) is 6.72. The van der Waals surface area contributed by atoms with Crippen molar-refractivity contribution in [2.75, 3.05) is 12.4 Å². The van der Waals surface area contributed by atoms with Gasteiger partial charge in [-0.25, -0.2) is 0 Å². The first-order valence-electron chi connectivity index (χ1n) is 4.97. The predicted molar refractivity (Wildman–Crippen MR) is 57.7 cm³/mol. The molecule has 3 N–H and O–H groups in total. The Bertz CT molecular complexity index is 338. The molecule has 0 saturated heterocycles. The standard InChI is InChI=1S/C11H16N2O/c1-7(12-2)10-6-8-9(13-10)4-3-5-11(8)14/h3-5,7,10,12-14H,6H2,1-2H3. The molecule has 76 valence electrons. The van der Waals surface area contributed by atoms with E-state index in [0.29, 0.717) is 17.8 Å². The number of aromatic hydroxyl groups is 1. The van der Waals surface area contributed by atoms with Crippen LogP contribution in [0.3, 0.4) is 0 Å².